The van der Waals surface area contributed by atoms with Crippen LogP contribution in [0.15, 0.2) is 262 Å². The molecule has 2 saturated carbocycles. The number of hydrogen-bond acceptors (Lipinski definition) is 20. The van der Waals surface area contributed by atoms with Gasteiger partial charge < -0.3 is 91.5 Å². The quantitative estimate of drug-likeness (QED) is 0.129. The van der Waals surface area contributed by atoms with E-state index in [0.717, 1.165) is 109 Å². The van der Waals surface area contributed by atoms with Crippen molar-refractivity contribution in [3.8, 4) is 103 Å². The first-order valence-corrected chi connectivity index (χ1v) is 47.6. The number of aryl methyl sites for hydroxylation is 6. The molecule has 18 heterocycles. The Bertz CT molecular complexity index is 6230. The number of nitrogens with zero attached hydrogens (tertiary/aromatic N) is 29. The summed E-state index contributed by atoms with van der Waals surface area (Å²) in [5.41, 5.74) is 21.7. The molecule has 39 heteroatoms. The Labute approximate surface area is 858 Å². The third kappa shape index (κ3) is 25.4. The summed E-state index contributed by atoms with van der Waals surface area (Å²) in [6, 6.07) is 64.1. The summed E-state index contributed by atoms with van der Waals surface area (Å²) in [5.74, 6) is 3.67. The van der Waals surface area contributed by atoms with Crippen LogP contribution in [0.3, 0.4) is 0 Å². The molecule has 4 unspecified atom stereocenters. The van der Waals surface area contributed by atoms with Crippen LogP contribution in [-0.2, 0) is 118 Å². The van der Waals surface area contributed by atoms with Gasteiger partial charge in [-0.05, 0) is 227 Å². The minimum Gasteiger partial charge on any atom is 2.00 e. The van der Waals surface area contributed by atoms with Crippen molar-refractivity contribution in [2.24, 2.45) is 10.8 Å². The van der Waals surface area contributed by atoms with Gasteiger partial charge in [0.15, 0.2) is 0 Å². The molecule has 136 heavy (non-hydrogen) atoms. The normalized spacial score (nSPS) is 15.7. The van der Waals surface area contributed by atoms with Gasteiger partial charge in [0.2, 0.25) is 0 Å². The van der Waals surface area contributed by atoms with Crippen LogP contribution in [0.1, 0.15) is 142 Å². The van der Waals surface area contributed by atoms with Gasteiger partial charge in [0.1, 0.15) is 5.69 Å². The number of alkyl halides is 3. The molecule has 4 aliphatic rings. The topological polar surface area (TPSA) is 385 Å². The molecule has 18 aromatic heterocycles. The maximum Gasteiger partial charge on any atom is 2.00 e. The number of benzene rings is 1. The van der Waals surface area contributed by atoms with Crippen molar-refractivity contribution in [1.29, 1.82) is 0 Å². The van der Waals surface area contributed by atoms with Crippen LogP contribution >= 0.6 is 18.8 Å². The summed E-state index contributed by atoms with van der Waals surface area (Å²) in [6.07, 6.45) is 16.1. The smallest absolute Gasteiger partial charge is 2.00 e. The van der Waals surface area contributed by atoms with Gasteiger partial charge in [-0.25, -0.2) is 0 Å². The molecular weight excluding hydrogens is 2670 g/mol. The van der Waals surface area contributed by atoms with Gasteiger partial charge in [0.25, 0.3) is 0 Å². The van der Waals surface area contributed by atoms with Crippen LogP contribution in [0, 0.1) is 52.4 Å². The number of hydrogen-bond donors (Lipinski definition) is 0. The van der Waals surface area contributed by atoms with Crippen molar-refractivity contribution in [1.82, 2.24) is 147 Å². The average Bonchev–Trinajstić information content (AvgIpc) is 1.53. The molecule has 0 saturated heterocycles. The molecule has 0 N–H and O–H groups in total. The van der Waals surface area contributed by atoms with Gasteiger partial charge >= 0.3 is 126 Å². The number of aromatic nitrogens is 29. The van der Waals surface area contributed by atoms with E-state index in [1.807, 2.05) is 192 Å². The molecular formula is C97H89Cl2F3N29Pt5-. The molecule has 0 spiro atoms. The van der Waals surface area contributed by atoms with Gasteiger partial charge in [-0.1, -0.05) is 178 Å². The predicted octanol–water partition coefficient (Wildman–Crippen LogP) is 18.4. The minimum atomic E-state index is -4.46. The molecule has 0 radical (unpaired) electrons. The first-order chi connectivity index (χ1) is 63.7. The van der Waals surface area contributed by atoms with E-state index in [9.17, 15) is 13.2 Å². The first-order valence-electron chi connectivity index (χ1n) is 41.9. The van der Waals surface area contributed by atoms with Crippen LogP contribution in [0.5, 0.6) is 0 Å². The van der Waals surface area contributed by atoms with Crippen LogP contribution in [-0.4, -0.2) is 101 Å². The number of pyridine rings is 9. The molecule has 4 atom stereocenters. The maximum absolute atomic E-state index is 12.2. The van der Waals surface area contributed by atoms with E-state index >= 15 is 0 Å². The number of halogens is 5. The van der Waals surface area contributed by atoms with Crippen molar-refractivity contribution < 1.29 is 114 Å². The standard InChI is InChI=1S/C20H20N3.C16H18N3.C9H5F3N3.4C9H8N3.2C8H7N4.2ClH.5Pt/c1-19(2)14-8-10-20(19,3)18-15(14)17(22-23-18)16-13-7-5-4-6-12(13)9-11-21-16;1-15(2)10-7-8-16(15,3)14-12(10)13(18-19-14)11-6-4-5-9-17-11;10-9(11,12)8-5-7(14-15-8)6-3-1-2-4-13-6;4*1-7-6-9(12-11-7)8-4-2-3-5-10-8;2*1-6-10-8(12-11-6)7-4-2-3-5-9-7;;;;;;;/h4-7,9,11,14H,8,10H2,1-3H3;4-6,9-10H,7-8H2,1-3H3;1-5H;4*2-6H,1H3;2*2-5H,1H3;2*1H;;;;;/q9*-1;;;5*+2/p-2. The van der Waals surface area contributed by atoms with E-state index in [1.54, 1.807) is 69.2 Å². The van der Waals surface area contributed by atoms with Gasteiger partial charge in [0.05, 0.1) is 17.1 Å². The van der Waals surface area contributed by atoms with Crippen molar-refractivity contribution >= 4 is 29.6 Å². The van der Waals surface area contributed by atoms with E-state index in [1.165, 1.54) is 65.2 Å². The van der Waals surface area contributed by atoms with Crippen molar-refractivity contribution in [2.75, 3.05) is 0 Å². The van der Waals surface area contributed by atoms with Crippen molar-refractivity contribution in [2.45, 2.75) is 138 Å². The van der Waals surface area contributed by atoms with Crippen LogP contribution in [0.25, 0.3) is 114 Å². The maximum atomic E-state index is 12.2. The summed E-state index contributed by atoms with van der Waals surface area (Å²) >= 11 is -0.472. The van der Waals surface area contributed by atoms with E-state index in [-0.39, 0.29) is 112 Å². The first kappa shape index (κ1) is 106. The Hall–Kier alpha value is -11.6. The van der Waals surface area contributed by atoms with E-state index in [0.29, 0.717) is 40.8 Å². The van der Waals surface area contributed by atoms with Crippen LogP contribution in [0.2, 0.25) is 0 Å². The molecule has 0 aliphatic heterocycles. The Morgan fingerprint density at radius 1 is 0.324 bits per heavy atom. The zero-order valence-corrected chi connectivity index (χ0v) is 88.1. The molecule has 708 valence electrons. The molecule has 0 amide bonds. The van der Waals surface area contributed by atoms with Crippen LogP contribution in [0.4, 0.5) is 13.2 Å². The van der Waals surface area contributed by atoms with E-state index in [4.69, 9.17) is 18.8 Å². The average molecular weight is 2760 g/mol. The summed E-state index contributed by atoms with van der Waals surface area (Å²) in [5, 5.41) is 73.9. The Morgan fingerprint density at radius 3 is 0.926 bits per heavy atom. The molecule has 29 nitrogen and oxygen atoms in total. The summed E-state index contributed by atoms with van der Waals surface area (Å²) < 4.78 is 36.6. The summed E-state index contributed by atoms with van der Waals surface area (Å²) in [4.78, 5) is 46.0. The minimum absolute atomic E-state index is 0. The third-order valence-corrected chi connectivity index (χ3v) is 23.5. The largest absolute Gasteiger partial charge is 2.00 e. The van der Waals surface area contributed by atoms with Gasteiger partial charge in [-0.15, -0.1) is 0 Å². The summed E-state index contributed by atoms with van der Waals surface area (Å²) in [7, 11) is 9.75. The Balaban J connectivity index is 0.000000159. The molecule has 1 aromatic carbocycles. The van der Waals surface area contributed by atoms with Crippen molar-refractivity contribution in [3.63, 3.8) is 0 Å². The van der Waals surface area contributed by atoms with Crippen LogP contribution < -0.4 is 45.9 Å². The van der Waals surface area contributed by atoms with E-state index < -0.39 is 28.4 Å². The fourth-order valence-electron chi connectivity index (χ4n) is 16.2. The fourth-order valence-corrected chi connectivity index (χ4v) is 16.2. The second-order valence-corrected chi connectivity index (χ2v) is 35.8. The Morgan fingerprint density at radius 2 is 0.625 bits per heavy atom. The van der Waals surface area contributed by atoms with Gasteiger partial charge in [0, 0.05) is 152 Å². The Kier molecular flexibility index (Phi) is 38.3. The van der Waals surface area contributed by atoms with Gasteiger partial charge in [-0.3, -0.25) is 55.1 Å². The number of rotatable bonds is 9. The zero-order valence-electron chi connectivity index (χ0n) is 75.2. The second kappa shape index (κ2) is 48.9. The number of fused-ring (bicyclic) bond motifs is 11. The monoisotopic (exact) mass is 2760 g/mol. The predicted molar refractivity (Wildman–Crippen MR) is 492 cm³/mol. The zero-order chi connectivity index (χ0) is 93.0. The SMILES string of the molecule is CC12CCC(c3c1n[n-]c3-c1ccccn1)C2(C)C.CC12CCC(c3c1n[n-]c3-c1nccc3ccccc13)C2(C)C.Cc1cc(-c2ccccn2)[n-]n1.Cc1cc(-c2ccccn2)[n-]n1.Cc1cc(-c2ccccn2)[n-]n1.Cc1cc(-c2ccccn2)[n-]n1.Cc1n[n-]c(-c2ccccn2)n1.Cc1n[n-]c(-c2ccccn2)n1.FC(F)(F)c1cc(-c2ccccn2)[n-]n1.[Cl][Pt][Cl].[Pt+2].[Pt+2].[Pt+2].[Pt+2]. The third-order valence-electron chi connectivity index (χ3n) is 23.5. The summed E-state index contributed by atoms with van der Waals surface area (Å²) in [6.45, 7) is 25.6. The molecule has 4 bridgehead atoms. The molecule has 23 rings (SSSR count). The van der Waals surface area contributed by atoms with Gasteiger partial charge in [-0.2, -0.15) is 13.2 Å². The molecule has 2 fully saturated rings. The molecule has 19 aromatic rings. The second-order valence-electron chi connectivity index (χ2n) is 32.5. The van der Waals surface area contributed by atoms with E-state index in [2.05, 4.69) is 218 Å². The fraction of sp³-hybridized carbons (Fsp3) is 0.237. The molecule has 4 aliphatic carbocycles. The van der Waals surface area contributed by atoms with Crippen molar-refractivity contribution in [3.05, 3.63) is 325 Å².